The summed E-state index contributed by atoms with van der Waals surface area (Å²) in [5, 5.41) is 4.20. The van der Waals surface area contributed by atoms with Crippen LogP contribution in [-0.2, 0) is 13.6 Å². The molecule has 0 fully saturated rings. The maximum Gasteiger partial charge on any atom is 0.195 e. The van der Waals surface area contributed by atoms with Gasteiger partial charge in [0.15, 0.2) is 5.96 Å². The summed E-state index contributed by atoms with van der Waals surface area (Å²) in [5.74, 6) is 0.961. The first-order valence-corrected chi connectivity index (χ1v) is 5.30. The molecule has 0 saturated heterocycles. The van der Waals surface area contributed by atoms with Gasteiger partial charge in [-0.2, -0.15) is 5.10 Å². The smallest absolute Gasteiger partial charge is 0.195 e. The summed E-state index contributed by atoms with van der Waals surface area (Å²) < 4.78 is 1.87. The summed E-state index contributed by atoms with van der Waals surface area (Å²) in [7, 11) is 9.93. The molecule has 1 rings (SSSR count). The molecule has 0 amide bonds. The lowest BCUT2D eigenvalue weighted by Gasteiger charge is -2.22. The standard InChI is InChI=1S/C11H21N5/c1-9-10(8-13-16(9)6)7-12-11(14(2)3)15(4)5/h8H,7H2,1-6H3. The maximum absolute atomic E-state index is 4.58. The first-order valence-electron chi connectivity index (χ1n) is 5.30. The zero-order valence-electron chi connectivity index (χ0n) is 11.0. The molecule has 0 aliphatic rings. The molecule has 0 atom stereocenters. The molecule has 0 N–H and O–H groups in total. The van der Waals surface area contributed by atoms with Crippen molar-refractivity contribution in [1.29, 1.82) is 0 Å². The molecule has 1 heterocycles. The fourth-order valence-corrected chi connectivity index (χ4v) is 1.54. The Kier molecular flexibility index (Phi) is 3.93. The maximum atomic E-state index is 4.58. The van der Waals surface area contributed by atoms with E-state index < -0.39 is 0 Å². The van der Waals surface area contributed by atoms with Crippen LogP contribution in [0, 0.1) is 6.92 Å². The molecule has 1 aromatic rings. The third-order valence-corrected chi connectivity index (χ3v) is 2.53. The first kappa shape index (κ1) is 12.5. The monoisotopic (exact) mass is 223 g/mol. The Balaban J connectivity index is 2.81. The van der Waals surface area contributed by atoms with Crippen molar-refractivity contribution in [3.63, 3.8) is 0 Å². The van der Waals surface area contributed by atoms with Crippen molar-refractivity contribution in [3.8, 4) is 0 Å². The van der Waals surface area contributed by atoms with Gasteiger partial charge in [-0.15, -0.1) is 0 Å². The molecule has 0 aliphatic carbocycles. The van der Waals surface area contributed by atoms with Crippen molar-refractivity contribution >= 4 is 5.96 Å². The van der Waals surface area contributed by atoms with Crippen LogP contribution in [0.4, 0.5) is 0 Å². The van der Waals surface area contributed by atoms with E-state index in [1.54, 1.807) is 0 Å². The van der Waals surface area contributed by atoms with Gasteiger partial charge in [0, 0.05) is 46.5 Å². The Morgan fingerprint density at radius 2 is 1.88 bits per heavy atom. The zero-order chi connectivity index (χ0) is 12.3. The normalized spacial score (nSPS) is 10.1. The van der Waals surface area contributed by atoms with E-state index >= 15 is 0 Å². The van der Waals surface area contributed by atoms with Gasteiger partial charge in [0.2, 0.25) is 0 Å². The highest BCUT2D eigenvalue weighted by molar-refractivity contribution is 5.79. The quantitative estimate of drug-likeness (QED) is 0.547. The van der Waals surface area contributed by atoms with Gasteiger partial charge in [0.1, 0.15) is 0 Å². The van der Waals surface area contributed by atoms with Crippen LogP contribution < -0.4 is 0 Å². The molecule has 5 nitrogen and oxygen atoms in total. The van der Waals surface area contributed by atoms with E-state index in [1.807, 2.05) is 55.9 Å². The Morgan fingerprint density at radius 3 is 2.25 bits per heavy atom. The molecular formula is C11H21N5. The Labute approximate surface area is 97.4 Å². The second kappa shape index (κ2) is 5.01. The van der Waals surface area contributed by atoms with Crippen molar-refractivity contribution in [3.05, 3.63) is 17.5 Å². The van der Waals surface area contributed by atoms with E-state index in [-0.39, 0.29) is 0 Å². The molecule has 1 aromatic heterocycles. The summed E-state index contributed by atoms with van der Waals surface area (Å²) in [5.41, 5.74) is 2.34. The van der Waals surface area contributed by atoms with Crippen LogP contribution in [0.5, 0.6) is 0 Å². The Bertz CT molecular complexity index is 366. The second-order valence-electron chi connectivity index (χ2n) is 4.28. The van der Waals surface area contributed by atoms with Crippen molar-refractivity contribution in [2.24, 2.45) is 12.0 Å². The molecule has 5 heteroatoms. The molecule has 0 bridgehead atoms. The highest BCUT2D eigenvalue weighted by Crippen LogP contribution is 2.07. The van der Waals surface area contributed by atoms with Gasteiger partial charge < -0.3 is 9.80 Å². The molecule has 16 heavy (non-hydrogen) atoms. The molecule has 0 unspecified atom stereocenters. The van der Waals surface area contributed by atoms with Gasteiger partial charge in [0.05, 0.1) is 12.7 Å². The number of aliphatic imine (C=N–C) groups is 1. The van der Waals surface area contributed by atoms with Crippen molar-refractivity contribution < 1.29 is 0 Å². The number of hydrogen-bond donors (Lipinski definition) is 0. The third-order valence-electron chi connectivity index (χ3n) is 2.53. The highest BCUT2D eigenvalue weighted by Gasteiger charge is 2.06. The van der Waals surface area contributed by atoms with Crippen molar-refractivity contribution in [1.82, 2.24) is 19.6 Å². The number of aromatic nitrogens is 2. The van der Waals surface area contributed by atoms with Gasteiger partial charge in [-0.3, -0.25) is 4.68 Å². The molecule has 0 aromatic carbocycles. The van der Waals surface area contributed by atoms with E-state index in [2.05, 4.69) is 17.0 Å². The molecule has 0 spiro atoms. The van der Waals surface area contributed by atoms with Gasteiger partial charge in [0.25, 0.3) is 0 Å². The summed E-state index contributed by atoms with van der Waals surface area (Å²) >= 11 is 0. The van der Waals surface area contributed by atoms with E-state index in [0.717, 1.165) is 5.96 Å². The Morgan fingerprint density at radius 1 is 1.31 bits per heavy atom. The number of aryl methyl sites for hydroxylation is 1. The van der Waals surface area contributed by atoms with Crippen LogP contribution in [0.2, 0.25) is 0 Å². The number of hydrogen-bond acceptors (Lipinski definition) is 2. The molecular weight excluding hydrogens is 202 g/mol. The SMILES string of the molecule is Cc1c(CN=C(N(C)C)N(C)C)cnn1C. The van der Waals surface area contributed by atoms with Crippen LogP contribution in [0.25, 0.3) is 0 Å². The van der Waals surface area contributed by atoms with Crippen LogP contribution >= 0.6 is 0 Å². The second-order valence-corrected chi connectivity index (χ2v) is 4.28. The van der Waals surface area contributed by atoms with Gasteiger partial charge in [-0.25, -0.2) is 4.99 Å². The zero-order valence-corrected chi connectivity index (χ0v) is 11.0. The van der Waals surface area contributed by atoms with Crippen molar-refractivity contribution in [2.75, 3.05) is 28.2 Å². The van der Waals surface area contributed by atoms with Gasteiger partial charge in [-0.1, -0.05) is 0 Å². The predicted molar refractivity (Wildman–Crippen MR) is 66.5 cm³/mol. The van der Waals surface area contributed by atoms with E-state index in [0.29, 0.717) is 6.54 Å². The summed E-state index contributed by atoms with van der Waals surface area (Å²) in [6.07, 6.45) is 1.88. The molecule has 90 valence electrons. The predicted octanol–water partition coefficient (Wildman–Crippen LogP) is 0.708. The van der Waals surface area contributed by atoms with Crippen LogP contribution in [0.1, 0.15) is 11.3 Å². The summed E-state index contributed by atoms with van der Waals surface area (Å²) in [6, 6.07) is 0. The van der Waals surface area contributed by atoms with Crippen LogP contribution in [0.15, 0.2) is 11.2 Å². The fraction of sp³-hybridized carbons (Fsp3) is 0.636. The fourth-order valence-electron chi connectivity index (χ4n) is 1.54. The lowest BCUT2D eigenvalue weighted by Crippen LogP contribution is -2.35. The lowest BCUT2D eigenvalue weighted by molar-refractivity contribution is 0.479. The molecule has 0 saturated carbocycles. The van der Waals surface area contributed by atoms with E-state index in [9.17, 15) is 0 Å². The first-order chi connectivity index (χ1) is 7.43. The van der Waals surface area contributed by atoms with Crippen LogP contribution in [-0.4, -0.2) is 53.7 Å². The minimum absolute atomic E-state index is 0.672. The number of nitrogens with zero attached hydrogens (tertiary/aromatic N) is 5. The Hall–Kier alpha value is -1.52. The minimum atomic E-state index is 0.672. The average molecular weight is 223 g/mol. The molecule has 0 radical (unpaired) electrons. The summed E-state index contributed by atoms with van der Waals surface area (Å²) in [6.45, 7) is 2.73. The highest BCUT2D eigenvalue weighted by atomic mass is 15.3. The van der Waals surface area contributed by atoms with E-state index in [4.69, 9.17) is 0 Å². The van der Waals surface area contributed by atoms with Gasteiger partial charge >= 0.3 is 0 Å². The largest absolute Gasteiger partial charge is 0.349 e. The average Bonchev–Trinajstić information content (AvgIpc) is 2.48. The van der Waals surface area contributed by atoms with Crippen LogP contribution in [0.3, 0.4) is 0 Å². The topological polar surface area (TPSA) is 36.7 Å². The number of guanidine groups is 1. The third kappa shape index (κ3) is 2.74. The van der Waals surface area contributed by atoms with Gasteiger partial charge in [-0.05, 0) is 6.92 Å². The minimum Gasteiger partial charge on any atom is -0.349 e. The number of rotatable bonds is 2. The molecule has 0 aliphatic heterocycles. The van der Waals surface area contributed by atoms with E-state index in [1.165, 1.54) is 11.3 Å². The lowest BCUT2D eigenvalue weighted by atomic mass is 10.3. The summed E-state index contributed by atoms with van der Waals surface area (Å²) in [4.78, 5) is 8.59. The van der Waals surface area contributed by atoms with Crippen molar-refractivity contribution in [2.45, 2.75) is 13.5 Å².